The summed E-state index contributed by atoms with van der Waals surface area (Å²) < 4.78 is 7.14. The number of aryl methyl sites for hydroxylation is 1. The molecule has 3 rings (SSSR count). The lowest BCUT2D eigenvalue weighted by Crippen LogP contribution is -2.37. The number of methoxy groups -OCH3 is 1. The Morgan fingerprint density at radius 2 is 1.80 bits per heavy atom. The zero-order valence-corrected chi connectivity index (χ0v) is 15.9. The average Bonchev–Trinajstić information content (AvgIpc) is 2.63. The van der Waals surface area contributed by atoms with Crippen LogP contribution in [-0.4, -0.2) is 17.9 Å². The van der Waals surface area contributed by atoms with Crippen LogP contribution in [0, 0.1) is 6.92 Å². The number of ether oxygens (including phenoxy) is 1. The summed E-state index contributed by atoms with van der Waals surface area (Å²) in [6.45, 7) is 2.27. The summed E-state index contributed by atoms with van der Waals surface area (Å²) in [6.07, 6.45) is 3.54. The van der Waals surface area contributed by atoms with Gasteiger partial charge in [0.1, 0.15) is 5.75 Å². The van der Waals surface area contributed by atoms with Crippen molar-refractivity contribution in [1.82, 2.24) is 4.98 Å². The third-order valence-electron chi connectivity index (χ3n) is 3.85. The van der Waals surface area contributed by atoms with Crippen LogP contribution in [0.25, 0.3) is 11.3 Å². The Morgan fingerprint density at radius 1 is 1.08 bits per heavy atom. The zero-order valence-electron chi connectivity index (χ0n) is 14.2. The number of rotatable bonds is 5. The zero-order chi connectivity index (χ0) is 16.9. The topological polar surface area (TPSA) is 43.1 Å². The predicted octanol–water partition coefficient (Wildman–Crippen LogP) is 3.81. The molecule has 0 aliphatic heterocycles. The van der Waals surface area contributed by atoms with Crippen molar-refractivity contribution in [2.24, 2.45) is 0 Å². The molecule has 0 spiro atoms. The molecule has 2 aromatic carbocycles. The van der Waals surface area contributed by atoms with Gasteiger partial charge in [0.15, 0.2) is 12.2 Å². The van der Waals surface area contributed by atoms with E-state index in [-0.39, 0.29) is 29.3 Å². The third kappa shape index (κ3) is 4.51. The van der Waals surface area contributed by atoms with Crippen LogP contribution in [-0.2, 0) is 6.54 Å². The van der Waals surface area contributed by atoms with Gasteiger partial charge >= 0.3 is 0 Å². The number of carbonyl (C=O) groups is 1. The van der Waals surface area contributed by atoms with E-state index in [9.17, 15) is 4.79 Å². The fourth-order valence-corrected chi connectivity index (χ4v) is 2.49. The molecule has 0 aliphatic rings. The molecule has 0 saturated heterocycles. The van der Waals surface area contributed by atoms with E-state index < -0.39 is 0 Å². The molecule has 0 N–H and O–H groups in total. The van der Waals surface area contributed by atoms with Gasteiger partial charge in [-0.2, -0.15) is 0 Å². The van der Waals surface area contributed by atoms with Crippen LogP contribution < -0.4 is 9.30 Å². The summed E-state index contributed by atoms with van der Waals surface area (Å²) in [4.78, 5) is 16.8. The molecule has 0 saturated carbocycles. The first-order valence-electron chi connectivity index (χ1n) is 7.76. The number of nitrogens with zero attached hydrogens (tertiary/aromatic N) is 2. The minimum Gasteiger partial charge on any atom is -0.496 e. The van der Waals surface area contributed by atoms with E-state index in [0.717, 1.165) is 22.6 Å². The minimum atomic E-state index is 0. The summed E-state index contributed by atoms with van der Waals surface area (Å²) in [6, 6.07) is 17.2. The van der Waals surface area contributed by atoms with Gasteiger partial charge in [-0.1, -0.05) is 42.0 Å². The second-order valence-corrected chi connectivity index (χ2v) is 5.61. The summed E-state index contributed by atoms with van der Waals surface area (Å²) >= 11 is 0. The lowest BCUT2D eigenvalue weighted by molar-refractivity contribution is -0.686. The highest BCUT2D eigenvalue weighted by Crippen LogP contribution is 2.26. The van der Waals surface area contributed by atoms with Crippen LogP contribution in [0.15, 0.2) is 67.1 Å². The lowest BCUT2D eigenvalue weighted by atomic mass is 10.1. The van der Waals surface area contributed by atoms with Gasteiger partial charge in [-0.25, -0.2) is 4.57 Å². The molecule has 5 heteroatoms. The standard InChI is InChI=1S/C20H19N2O2.BrH/c1-15-7-9-16(10-8-15)19(23)13-22-12-11-18(21-14-22)17-5-3-4-6-20(17)24-2;/h3-12,14H,13H2,1-2H3;1H/q+1;. The molecule has 3 aromatic rings. The van der Waals surface area contributed by atoms with Gasteiger partial charge < -0.3 is 4.74 Å². The first kappa shape index (κ1) is 18.8. The number of carbonyl (C=O) groups excluding carboxylic acids is 1. The molecular weight excluding hydrogens is 380 g/mol. The van der Waals surface area contributed by atoms with Crippen molar-refractivity contribution in [3.63, 3.8) is 0 Å². The van der Waals surface area contributed by atoms with Gasteiger partial charge in [0, 0.05) is 11.6 Å². The first-order chi connectivity index (χ1) is 11.7. The minimum absolute atomic E-state index is 0. The Morgan fingerprint density at radius 3 is 2.44 bits per heavy atom. The van der Waals surface area contributed by atoms with Crippen LogP contribution in [0.3, 0.4) is 0 Å². The highest BCUT2D eigenvalue weighted by Gasteiger charge is 2.13. The van der Waals surface area contributed by atoms with E-state index in [4.69, 9.17) is 4.74 Å². The summed E-state index contributed by atoms with van der Waals surface area (Å²) in [5, 5.41) is 0. The van der Waals surface area contributed by atoms with E-state index in [1.807, 2.05) is 67.7 Å². The first-order valence-corrected chi connectivity index (χ1v) is 7.76. The number of ketones is 1. The number of halogens is 1. The van der Waals surface area contributed by atoms with Gasteiger partial charge in [0.25, 0.3) is 6.33 Å². The molecule has 4 nitrogen and oxygen atoms in total. The normalized spacial score (nSPS) is 10.0. The van der Waals surface area contributed by atoms with Crippen LogP contribution in [0.4, 0.5) is 0 Å². The fraction of sp³-hybridized carbons (Fsp3) is 0.150. The highest BCUT2D eigenvalue weighted by atomic mass is 79.9. The van der Waals surface area contributed by atoms with Crippen molar-refractivity contribution in [2.75, 3.05) is 7.11 Å². The van der Waals surface area contributed by atoms with Gasteiger partial charge in [-0.15, -0.1) is 17.0 Å². The van der Waals surface area contributed by atoms with E-state index in [1.165, 1.54) is 0 Å². The maximum Gasteiger partial charge on any atom is 0.287 e. The smallest absolute Gasteiger partial charge is 0.287 e. The number of hydrogen-bond donors (Lipinski definition) is 0. The highest BCUT2D eigenvalue weighted by molar-refractivity contribution is 8.93. The number of hydrogen-bond acceptors (Lipinski definition) is 3. The van der Waals surface area contributed by atoms with Crippen LogP contribution >= 0.6 is 17.0 Å². The molecule has 0 bridgehead atoms. The van der Waals surface area contributed by atoms with E-state index in [2.05, 4.69) is 4.98 Å². The van der Waals surface area contributed by atoms with Gasteiger partial charge in [-0.05, 0) is 24.0 Å². The van der Waals surface area contributed by atoms with Crippen LogP contribution in [0.2, 0.25) is 0 Å². The maximum absolute atomic E-state index is 12.3. The number of para-hydroxylation sites is 1. The quantitative estimate of drug-likeness (QED) is 0.483. The van der Waals surface area contributed by atoms with Crippen molar-refractivity contribution in [3.8, 4) is 17.0 Å². The van der Waals surface area contributed by atoms with Gasteiger partial charge in [-0.3, -0.25) is 4.79 Å². The van der Waals surface area contributed by atoms with Crippen molar-refractivity contribution in [2.45, 2.75) is 13.5 Å². The molecule has 1 aromatic heterocycles. The second kappa shape index (κ2) is 8.53. The molecular formula is C20H20BrN2O2+. The lowest BCUT2D eigenvalue weighted by Gasteiger charge is -2.05. The number of benzene rings is 2. The average molecular weight is 400 g/mol. The second-order valence-electron chi connectivity index (χ2n) is 5.61. The van der Waals surface area contributed by atoms with E-state index in [0.29, 0.717) is 5.56 Å². The predicted molar refractivity (Wildman–Crippen MR) is 102 cm³/mol. The molecule has 0 radical (unpaired) electrons. The van der Waals surface area contributed by atoms with Crippen molar-refractivity contribution in [1.29, 1.82) is 0 Å². The van der Waals surface area contributed by atoms with Crippen LogP contribution in [0.5, 0.6) is 5.75 Å². The largest absolute Gasteiger partial charge is 0.496 e. The van der Waals surface area contributed by atoms with Crippen LogP contribution in [0.1, 0.15) is 15.9 Å². The number of Topliss-reactive ketones (excluding diaryl/α,β-unsaturated/α-hetero) is 1. The van der Waals surface area contributed by atoms with Crippen molar-refractivity contribution >= 4 is 22.8 Å². The third-order valence-corrected chi connectivity index (χ3v) is 3.85. The molecule has 0 fully saturated rings. The SMILES string of the molecule is Br.COc1ccccc1-c1cc[n+](CC(=O)c2ccc(C)cc2)cn1. The fourth-order valence-electron chi connectivity index (χ4n) is 2.49. The Hall–Kier alpha value is -2.53. The molecule has 1 heterocycles. The molecule has 128 valence electrons. The van der Waals surface area contributed by atoms with E-state index in [1.54, 1.807) is 18.0 Å². The number of aromatic nitrogens is 2. The van der Waals surface area contributed by atoms with Crippen molar-refractivity contribution < 1.29 is 14.1 Å². The Bertz CT molecular complexity index is 846. The van der Waals surface area contributed by atoms with E-state index >= 15 is 0 Å². The van der Waals surface area contributed by atoms with Gasteiger partial charge in [0.2, 0.25) is 5.78 Å². The molecule has 0 amide bonds. The molecule has 0 atom stereocenters. The summed E-state index contributed by atoms with van der Waals surface area (Å²) in [7, 11) is 1.64. The summed E-state index contributed by atoms with van der Waals surface area (Å²) in [5.41, 5.74) is 3.59. The Kier molecular flexibility index (Phi) is 6.42. The summed E-state index contributed by atoms with van der Waals surface area (Å²) in [5.74, 6) is 0.838. The van der Waals surface area contributed by atoms with Gasteiger partial charge in [0.05, 0.1) is 18.9 Å². The molecule has 25 heavy (non-hydrogen) atoms. The Balaban J connectivity index is 0.00000225. The molecule has 0 unspecified atom stereocenters. The van der Waals surface area contributed by atoms with Crippen molar-refractivity contribution in [3.05, 3.63) is 78.2 Å². The maximum atomic E-state index is 12.3. The monoisotopic (exact) mass is 399 g/mol. The Labute approximate surface area is 157 Å². The molecule has 0 aliphatic carbocycles.